The Kier molecular flexibility index (Phi) is 7.31. The predicted octanol–water partition coefficient (Wildman–Crippen LogP) is 1.86. The van der Waals surface area contributed by atoms with Gasteiger partial charge in [0.15, 0.2) is 5.96 Å². The van der Waals surface area contributed by atoms with Gasteiger partial charge in [0.1, 0.15) is 5.75 Å². The number of nitrogens with one attached hydrogen (secondary N) is 2. The molecule has 1 fully saturated rings. The highest BCUT2D eigenvalue weighted by Gasteiger charge is 2.11. The topological polar surface area (TPSA) is 61.8 Å². The largest absolute Gasteiger partial charge is 0.496 e. The minimum Gasteiger partial charge on any atom is -0.496 e. The van der Waals surface area contributed by atoms with E-state index in [1.807, 2.05) is 20.0 Å². The molecule has 1 aromatic heterocycles. The Bertz CT molecular complexity index is 553. The van der Waals surface area contributed by atoms with E-state index >= 15 is 0 Å². The van der Waals surface area contributed by atoms with Crippen LogP contribution in [0.15, 0.2) is 11.2 Å². The Balaban J connectivity index is 1.81. The van der Waals surface area contributed by atoms with Crippen molar-refractivity contribution in [2.24, 2.45) is 4.99 Å². The monoisotopic (exact) mass is 333 g/mol. The fourth-order valence-electron chi connectivity index (χ4n) is 3.15. The van der Waals surface area contributed by atoms with Crippen LogP contribution in [0.3, 0.4) is 0 Å². The van der Waals surface area contributed by atoms with Gasteiger partial charge in [0.25, 0.3) is 0 Å². The van der Waals surface area contributed by atoms with Crippen molar-refractivity contribution in [3.05, 3.63) is 23.0 Å². The maximum absolute atomic E-state index is 5.46. The van der Waals surface area contributed by atoms with Crippen LogP contribution in [0.5, 0.6) is 5.75 Å². The zero-order chi connectivity index (χ0) is 17.4. The van der Waals surface area contributed by atoms with Crippen LogP contribution in [0, 0.1) is 13.8 Å². The normalized spacial score (nSPS) is 16.1. The van der Waals surface area contributed by atoms with Crippen LogP contribution in [-0.4, -0.2) is 56.2 Å². The summed E-state index contributed by atoms with van der Waals surface area (Å²) in [4.78, 5) is 11.3. The first-order valence-electron chi connectivity index (χ1n) is 8.81. The van der Waals surface area contributed by atoms with Crippen LogP contribution in [0.1, 0.15) is 36.1 Å². The van der Waals surface area contributed by atoms with Crippen LogP contribution in [-0.2, 0) is 6.54 Å². The average molecular weight is 333 g/mol. The smallest absolute Gasteiger partial charge is 0.191 e. The summed E-state index contributed by atoms with van der Waals surface area (Å²) in [6, 6.07) is 0. The summed E-state index contributed by atoms with van der Waals surface area (Å²) in [5, 5.41) is 6.72. The Morgan fingerprint density at radius 2 is 2.00 bits per heavy atom. The third kappa shape index (κ3) is 5.09. The maximum atomic E-state index is 5.46. The lowest BCUT2D eigenvalue weighted by Gasteiger charge is -2.26. The molecular formula is C18H31N5O. The van der Waals surface area contributed by atoms with Gasteiger partial charge in [-0.05, 0) is 39.8 Å². The second-order valence-electron chi connectivity index (χ2n) is 6.30. The molecule has 0 unspecified atom stereocenters. The number of aromatic nitrogens is 1. The van der Waals surface area contributed by atoms with E-state index in [0.717, 1.165) is 41.6 Å². The van der Waals surface area contributed by atoms with E-state index in [2.05, 4.69) is 25.5 Å². The summed E-state index contributed by atoms with van der Waals surface area (Å²) in [5.41, 5.74) is 3.12. The van der Waals surface area contributed by atoms with Crippen molar-refractivity contribution in [2.75, 3.05) is 40.3 Å². The molecule has 0 amide bonds. The lowest BCUT2D eigenvalue weighted by Crippen LogP contribution is -2.42. The van der Waals surface area contributed by atoms with E-state index < -0.39 is 0 Å². The third-order valence-electron chi connectivity index (χ3n) is 4.57. The molecule has 1 aromatic rings. The van der Waals surface area contributed by atoms with Crippen molar-refractivity contribution in [2.45, 2.75) is 39.7 Å². The highest BCUT2D eigenvalue weighted by molar-refractivity contribution is 5.79. The number of guanidine groups is 1. The lowest BCUT2D eigenvalue weighted by molar-refractivity contribution is 0.232. The Hall–Kier alpha value is -1.82. The van der Waals surface area contributed by atoms with Gasteiger partial charge >= 0.3 is 0 Å². The van der Waals surface area contributed by atoms with Crippen molar-refractivity contribution in [1.82, 2.24) is 20.5 Å². The molecule has 0 spiro atoms. The minimum absolute atomic E-state index is 0.631. The summed E-state index contributed by atoms with van der Waals surface area (Å²) in [5.74, 6) is 1.72. The number of pyridine rings is 1. The van der Waals surface area contributed by atoms with Crippen LogP contribution in [0.25, 0.3) is 0 Å². The number of nitrogens with zero attached hydrogens (tertiary/aromatic N) is 3. The fraction of sp³-hybridized carbons (Fsp3) is 0.667. The molecule has 1 aliphatic rings. The fourth-order valence-corrected chi connectivity index (χ4v) is 3.15. The van der Waals surface area contributed by atoms with Gasteiger partial charge < -0.3 is 20.3 Å². The number of likely N-dealkylation sites (tertiary alicyclic amines) is 1. The standard InChI is InChI=1S/C18H31N5O/c1-14-12-21-16(15(2)17(14)24-4)13-22-18(19-3)20-8-11-23-9-6-5-7-10-23/h12H,5-11,13H2,1-4H3,(H2,19,20,22). The predicted molar refractivity (Wildman–Crippen MR) is 98.8 cm³/mol. The molecule has 2 N–H and O–H groups in total. The van der Waals surface area contributed by atoms with E-state index in [1.165, 1.54) is 32.4 Å². The van der Waals surface area contributed by atoms with Crippen LogP contribution < -0.4 is 15.4 Å². The molecule has 0 aromatic carbocycles. The molecule has 0 saturated carbocycles. The van der Waals surface area contributed by atoms with Crippen molar-refractivity contribution >= 4 is 5.96 Å². The van der Waals surface area contributed by atoms with Crippen molar-refractivity contribution in [3.8, 4) is 5.75 Å². The minimum atomic E-state index is 0.631. The summed E-state index contributed by atoms with van der Waals surface area (Å²) in [6.07, 6.45) is 5.88. The number of rotatable bonds is 6. The van der Waals surface area contributed by atoms with Crippen molar-refractivity contribution < 1.29 is 4.74 Å². The zero-order valence-electron chi connectivity index (χ0n) is 15.5. The van der Waals surface area contributed by atoms with E-state index in [4.69, 9.17) is 4.74 Å². The van der Waals surface area contributed by atoms with Gasteiger partial charge in [-0.3, -0.25) is 9.98 Å². The quantitative estimate of drug-likeness (QED) is 0.615. The Morgan fingerprint density at radius 3 is 2.67 bits per heavy atom. The summed E-state index contributed by atoms with van der Waals surface area (Å²) >= 11 is 0. The first kappa shape index (κ1) is 18.5. The third-order valence-corrected chi connectivity index (χ3v) is 4.57. The van der Waals surface area contributed by atoms with Gasteiger partial charge in [-0.15, -0.1) is 0 Å². The number of methoxy groups -OCH3 is 1. The first-order chi connectivity index (χ1) is 11.7. The SMILES string of the molecule is CN=C(NCCN1CCCCC1)NCc1ncc(C)c(OC)c1C. The molecule has 0 atom stereocenters. The number of hydrogen-bond donors (Lipinski definition) is 2. The molecular weight excluding hydrogens is 302 g/mol. The number of aliphatic imine (C=N–C) groups is 1. The molecule has 1 saturated heterocycles. The summed E-state index contributed by atoms with van der Waals surface area (Å²) in [6.45, 7) is 9.10. The molecule has 2 heterocycles. The summed E-state index contributed by atoms with van der Waals surface area (Å²) < 4.78 is 5.46. The molecule has 134 valence electrons. The van der Waals surface area contributed by atoms with Gasteiger partial charge in [0.05, 0.1) is 19.3 Å². The Labute approximate surface area is 145 Å². The molecule has 6 nitrogen and oxygen atoms in total. The van der Waals surface area contributed by atoms with E-state index in [0.29, 0.717) is 6.54 Å². The van der Waals surface area contributed by atoms with Gasteiger partial charge in [0, 0.05) is 37.5 Å². The van der Waals surface area contributed by atoms with E-state index in [-0.39, 0.29) is 0 Å². The van der Waals surface area contributed by atoms with E-state index in [9.17, 15) is 0 Å². The molecule has 6 heteroatoms. The van der Waals surface area contributed by atoms with Gasteiger partial charge in [-0.25, -0.2) is 0 Å². The molecule has 0 bridgehead atoms. The maximum Gasteiger partial charge on any atom is 0.191 e. The molecule has 2 rings (SSSR count). The van der Waals surface area contributed by atoms with Crippen LogP contribution >= 0.6 is 0 Å². The number of aryl methyl sites for hydroxylation is 1. The van der Waals surface area contributed by atoms with E-state index in [1.54, 1.807) is 14.2 Å². The second kappa shape index (κ2) is 9.47. The Morgan fingerprint density at radius 1 is 1.25 bits per heavy atom. The molecule has 0 radical (unpaired) electrons. The summed E-state index contributed by atoms with van der Waals surface area (Å²) in [7, 11) is 3.50. The van der Waals surface area contributed by atoms with Crippen LogP contribution in [0.4, 0.5) is 0 Å². The highest BCUT2D eigenvalue weighted by Crippen LogP contribution is 2.23. The molecule has 24 heavy (non-hydrogen) atoms. The first-order valence-corrected chi connectivity index (χ1v) is 8.81. The highest BCUT2D eigenvalue weighted by atomic mass is 16.5. The van der Waals surface area contributed by atoms with Gasteiger partial charge in [-0.1, -0.05) is 6.42 Å². The zero-order valence-corrected chi connectivity index (χ0v) is 15.5. The van der Waals surface area contributed by atoms with Crippen molar-refractivity contribution in [1.29, 1.82) is 0 Å². The number of piperidine rings is 1. The van der Waals surface area contributed by atoms with Gasteiger partial charge in [-0.2, -0.15) is 0 Å². The molecule has 1 aliphatic heterocycles. The lowest BCUT2D eigenvalue weighted by atomic mass is 10.1. The number of hydrogen-bond acceptors (Lipinski definition) is 4. The van der Waals surface area contributed by atoms with Gasteiger partial charge in [0.2, 0.25) is 0 Å². The van der Waals surface area contributed by atoms with Crippen LogP contribution in [0.2, 0.25) is 0 Å². The molecule has 0 aliphatic carbocycles. The average Bonchev–Trinajstić information content (AvgIpc) is 2.60. The number of ether oxygens (including phenoxy) is 1. The van der Waals surface area contributed by atoms with Crippen molar-refractivity contribution in [3.63, 3.8) is 0 Å². The second-order valence-corrected chi connectivity index (χ2v) is 6.30.